The van der Waals surface area contributed by atoms with Crippen LogP contribution in [-0.4, -0.2) is 27.9 Å². The van der Waals surface area contributed by atoms with Gasteiger partial charge in [0.25, 0.3) is 0 Å². The van der Waals surface area contributed by atoms with Gasteiger partial charge in [-0.1, -0.05) is 0 Å². The molecule has 1 aromatic heterocycles. The van der Waals surface area contributed by atoms with Gasteiger partial charge in [0.05, 0.1) is 12.6 Å². The lowest BCUT2D eigenvalue weighted by molar-refractivity contribution is 0.353. The molecule has 74 valence electrons. The normalized spacial score (nSPS) is 20.1. The van der Waals surface area contributed by atoms with E-state index in [1.807, 2.05) is 0 Å². The fraction of sp³-hybridized carbons (Fsp3) is 0.667. The molecular formula is C9H13N5. The number of hydrogen-bond acceptors (Lipinski definition) is 4. The summed E-state index contributed by atoms with van der Waals surface area (Å²) in [5.41, 5.74) is 0. The van der Waals surface area contributed by atoms with Crippen LogP contribution in [0.25, 0.3) is 0 Å². The number of hydrogen-bond donors (Lipinski definition) is 1. The minimum Gasteiger partial charge on any atom is -0.317 e. The molecule has 0 amide bonds. The summed E-state index contributed by atoms with van der Waals surface area (Å²) in [7, 11) is 0. The number of aryl methyl sites for hydroxylation is 1. The van der Waals surface area contributed by atoms with Crippen LogP contribution in [0.1, 0.15) is 12.2 Å². The molecule has 0 spiro atoms. The number of fused-ring (bicyclic) bond motifs is 1. The lowest BCUT2D eigenvalue weighted by atomic mass is 9.99. The van der Waals surface area contributed by atoms with Crippen molar-refractivity contribution in [3.8, 4) is 6.07 Å². The fourth-order valence-electron chi connectivity index (χ4n) is 1.83. The van der Waals surface area contributed by atoms with E-state index in [1.54, 1.807) is 6.33 Å². The molecule has 5 heteroatoms. The molecule has 0 saturated heterocycles. The summed E-state index contributed by atoms with van der Waals surface area (Å²) >= 11 is 0. The molecule has 0 fully saturated rings. The maximum Gasteiger partial charge on any atom is 0.132 e. The van der Waals surface area contributed by atoms with Gasteiger partial charge in [0.1, 0.15) is 12.2 Å². The Morgan fingerprint density at radius 3 is 3.50 bits per heavy atom. The van der Waals surface area contributed by atoms with E-state index < -0.39 is 0 Å². The smallest absolute Gasteiger partial charge is 0.132 e. The molecule has 2 heterocycles. The van der Waals surface area contributed by atoms with Crippen molar-refractivity contribution in [1.82, 2.24) is 20.1 Å². The molecule has 0 aliphatic carbocycles. The quantitative estimate of drug-likeness (QED) is 0.537. The average Bonchev–Trinajstić information content (AvgIpc) is 2.65. The number of rotatable bonds is 3. The third-order valence-electron chi connectivity index (χ3n) is 2.56. The second kappa shape index (κ2) is 4.20. The van der Waals surface area contributed by atoms with Gasteiger partial charge in [-0.25, -0.2) is 0 Å². The summed E-state index contributed by atoms with van der Waals surface area (Å²) in [5, 5.41) is 19.4. The predicted molar refractivity (Wildman–Crippen MR) is 50.3 cm³/mol. The van der Waals surface area contributed by atoms with Crippen LogP contribution in [0.5, 0.6) is 0 Å². The summed E-state index contributed by atoms with van der Waals surface area (Å²) in [5.74, 6) is 1.69. The highest BCUT2D eigenvalue weighted by Crippen LogP contribution is 2.16. The number of nitrogens with zero attached hydrogens (tertiary/aromatic N) is 4. The lowest BCUT2D eigenvalue weighted by Crippen LogP contribution is -2.30. The molecule has 1 unspecified atom stereocenters. The van der Waals surface area contributed by atoms with Crippen molar-refractivity contribution in [2.45, 2.75) is 19.4 Å². The van der Waals surface area contributed by atoms with E-state index in [4.69, 9.17) is 5.26 Å². The monoisotopic (exact) mass is 191 g/mol. The first-order valence-electron chi connectivity index (χ1n) is 4.84. The van der Waals surface area contributed by atoms with Crippen LogP contribution in [0.2, 0.25) is 0 Å². The third-order valence-corrected chi connectivity index (χ3v) is 2.56. The van der Waals surface area contributed by atoms with Gasteiger partial charge in [0.2, 0.25) is 0 Å². The lowest BCUT2D eigenvalue weighted by Gasteiger charge is -2.22. The van der Waals surface area contributed by atoms with Gasteiger partial charge in [-0.2, -0.15) is 5.26 Å². The van der Waals surface area contributed by atoms with Crippen molar-refractivity contribution >= 4 is 0 Å². The van der Waals surface area contributed by atoms with Gasteiger partial charge >= 0.3 is 0 Å². The Balaban J connectivity index is 1.86. The Bertz CT molecular complexity index is 337. The van der Waals surface area contributed by atoms with E-state index >= 15 is 0 Å². The molecule has 1 aliphatic heterocycles. The summed E-state index contributed by atoms with van der Waals surface area (Å²) < 4.78 is 2.10. The fourth-order valence-corrected chi connectivity index (χ4v) is 1.83. The van der Waals surface area contributed by atoms with Crippen molar-refractivity contribution in [3.05, 3.63) is 12.2 Å². The molecular weight excluding hydrogens is 178 g/mol. The van der Waals surface area contributed by atoms with E-state index in [1.165, 1.54) is 0 Å². The van der Waals surface area contributed by atoms with Gasteiger partial charge in [-0.15, -0.1) is 10.2 Å². The zero-order valence-electron chi connectivity index (χ0n) is 7.98. The maximum absolute atomic E-state index is 8.38. The van der Waals surface area contributed by atoms with Gasteiger partial charge in [-0.05, 0) is 12.3 Å². The molecule has 1 aromatic rings. The molecule has 2 rings (SSSR count). The van der Waals surface area contributed by atoms with Crippen molar-refractivity contribution in [2.75, 3.05) is 13.1 Å². The van der Waals surface area contributed by atoms with Crippen LogP contribution >= 0.6 is 0 Å². The molecule has 0 bridgehead atoms. The SMILES string of the molecule is N#CCNCC1CCc2nncn2C1. The Hall–Kier alpha value is -1.41. The average molecular weight is 191 g/mol. The molecule has 0 saturated carbocycles. The highest BCUT2D eigenvalue weighted by molar-refractivity contribution is 4.92. The third kappa shape index (κ3) is 1.91. The Morgan fingerprint density at radius 1 is 1.71 bits per heavy atom. The van der Waals surface area contributed by atoms with E-state index in [0.29, 0.717) is 12.5 Å². The molecule has 1 atom stereocenters. The van der Waals surface area contributed by atoms with Crippen LogP contribution in [0.4, 0.5) is 0 Å². The highest BCUT2D eigenvalue weighted by Gasteiger charge is 2.18. The number of aromatic nitrogens is 3. The highest BCUT2D eigenvalue weighted by atomic mass is 15.3. The molecule has 5 nitrogen and oxygen atoms in total. The Labute approximate surface area is 82.7 Å². The summed E-state index contributed by atoms with van der Waals surface area (Å²) in [6.45, 7) is 2.32. The van der Waals surface area contributed by atoms with Gasteiger partial charge in [0, 0.05) is 19.5 Å². The zero-order chi connectivity index (χ0) is 9.80. The number of nitrogens with one attached hydrogen (secondary N) is 1. The van der Waals surface area contributed by atoms with Crippen molar-refractivity contribution in [2.24, 2.45) is 5.92 Å². The van der Waals surface area contributed by atoms with Gasteiger partial charge in [-0.3, -0.25) is 0 Å². The molecule has 1 N–H and O–H groups in total. The Kier molecular flexibility index (Phi) is 2.75. The van der Waals surface area contributed by atoms with E-state index in [2.05, 4.69) is 26.2 Å². The summed E-state index contributed by atoms with van der Waals surface area (Å²) in [4.78, 5) is 0. The first-order valence-corrected chi connectivity index (χ1v) is 4.84. The van der Waals surface area contributed by atoms with E-state index in [-0.39, 0.29) is 0 Å². The van der Waals surface area contributed by atoms with Crippen LogP contribution in [0.15, 0.2) is 6.33 Å². The minimum atomic E-state index is 0.436. The minimum absolute atomic E-state index is 0.436. The maximum atomic E-state index is 8.38. The predicted octanol–water partition coefficient (Wildman–Crippen LogP) is -0.0463. The summed E-state index contributed by atoms with van der Waals surface area (Å²) in [6, 6.07) is 2.08. The first kappa shape index (κ1) is 9.16. The first-order chi connectivity index (χ1) is 6.90. The second-order valence-corrected chi connectivity index (χ2v) is 3.59. The van der Waals surface area contributed by atoms with Crippen LogP contribution in [0, 0.1) is 17.2 Å². The van der Waals surface area contributed by atoms with Gasteiger partial charge < -0.3 is 9.88 Å². The topological polar surface area (TPSA) is 66.5 Å². The van der Waals surface area contributed by atoms with Gasteiger partial charge in [0.15, 0.2) is 0 Å². The van der Waals surface area contributed by atoms with E-state index in [0.717, 1.165) is 31.8 Å². The molecule has 14 heavy (non-hydrogen) atoms. The standard InChI is InChI=1S/C9H13N5/c10-3-4-11-5-8-1-2-9-13-12-7-14(9)6-8/h7-8,11H,1-2,4-6H2. The number of nitriles is 1. The molecule has 0 aromatic carbocycles. The molecule has 0 radical (unpaired) electrons. The van der Waals surface area contributed by atoms with Crippen molar-refractivity contribution in [1.29, 1.82) is 5.26 Å². The van der Waals surface area contributed by atoms with Crippen LogP contribution < -0.4 is 5.32 Å². The largest absolute Gasteiger partial charge is 0.317 e. The van der Waals surface area contributed by atoms with Crippen molar-refractivity contribution in [3.63, 3.8) is 0 Å². The van der Waals surface area contributed by atoms with Crippen LogP contribution in [-0.2, 0) is 13.0 Å². The Morgan fingerprint density at radius 2 is 2.64 bits per heavy atom. The van der Waals surface area contributed by atoms with Crippen molar-refractivity contribution < 1.29 is 0 Å². The molecule has 1 aliphatic rings. The zero-order valence-corrected chi connectivity index (χ0v) is 7.98. The second-order valence-electron chi connectivity index (χ2n) is 3.59. The van der Waals surface area contributed by atoms with E-state index in [9.17, 15) is 0 Å². The summed E-state index contributed by atoms with van der Waals surface area (Å²) in [6.07, 6.45) is 3.92. The van der Waals surface area contributed by atoms with Crippen LogP contribution in [0.3, 0.4) is 0 Å².